The summed E-state index contributed by atoms with van der Waals surface area (Å²) >= 11 is 7.31. The van der Waals surface area contributed by atoms with Crippen LogP contribution < -0.4 is 19.6 Å². The largest absolute Gasteiger partial charge is 0.497 e. The van der Waals surface area contributed by atoms with Crippen molar-refractivity contribution < 1.29 is 14.3 Å². The van der Waals surface area contributed by atoms with Gasteiger partial charge in [0.2, 0.25) is 0 Å². The van der Waals surface area contributed by atoms with Crippen molar-refractivity contribution in [3.05, 3.63) is 126 Å². The Morgan fingerprint density at radius 1 is 1.08 bits per heavy atom. The van der Waals surface area contributed by atoms with Gasteiger partial charge in [0.05, 0.1) is 35.6 Å². The molecule has 6 nitrogen and oxygen atoms in total. The fourth-order valence-corrected chi connectivity index (χ4v) is 5.40. The molecular weight excluding hydrogens is 508 g/mol. The number of aromatic nitrogens is 1. The van der Waals surface area contributed by atoms with E-state index in [1.54, 1.807) is 36.8 Å². The van der Waals surface area contributed by atoms with E-state index in [-0.39, 0.29) is 12.2 Å². The van der Waals surface area contributed by atoms with Gasteiger partial charge in [-0.1, -0.05) is 77.5 Å². The molecule has 1 aliphatic heterocycles. The molecule has 5 rings (SSSR count). The Bertz CT molecular complexity index is 1670. The van der Waals surface area contributed by atoms with Crippen LogP contribution in [0.3, 0.4) is 0 Å². The van der Waals surface area contributed by atoms with E-state index in [0.717, 1.165) is 11.1 Å². The van der Waals surface area contributed by atoms with Crippen LogP contribution in [0.15, 0.2) is 94.2 Å². The first kappa shape index (κ1) is 24.7. The van der Waals surface area contributed by atoms with Gasteiger partial charge in [-0.3, -0.25) is 9.36 Å². The maximum atomic E-state index is 13.8. The van der Waals surface area contributed by atoms with Crippen molar-refractivity contribution in [1.29, 1.82) is 0 Å². The molecule has 0 N–H and O–H groups in total. The van der Waals surface area contributed by atoms with Crippen LogP contribution >= 0.6 is 22.9 Å². The Hall–Kier alpha value is -3.94. The zero-order valence-corrected chi connectivity index (χ0v) is 21.8. The predicted molar refractivity (Wildman–Crippen MR) is 146 cm³/mol. The summed E-state index contributed by atoms with van der Waals surface area (Å²) in [4.78, 5) is 32.6. The molecule has 0 bridgehead atoms. The topological polar surface area (TPSA) is 69.9 Å². The summed E-state index contributed by atoms with van der Waals surface area (Å²) in [6, 6.07) is 23.3. The molecule has 2 heterocycles. The first-order chi connectivity index (χ1) is 18.0. The number of hydrogen-bond donors (Lipinski definition) is 0. The van der Waals surface area contributed by atoms with Crippen LogP contribution in [0, 0.1) is 0 Å². The van der Waals surface area contributed by atoms with Gasteiger partial charge < -0.3 is 9.47 Å². The Morgan fingerprint density at radius 2 is 1.84 bits per heavy atom. The van der Waals surface area contributed by atoms with E-state index < -0.39 is 12.0 Å². The minimum atomic E-state index is -0.757. The van der Waals surface area contributed by atoms with Crippen molar-refractivity contribution in [2.75, 3.05) is 13.7 Å². The fraction of sp³-hybridized carbons (Fsp3) is 0.138. The number of halogens is 1. The van der Waals surface area contributed by atoms with Crippen molar-refractivity contribution in [1.82, 2.24) is 4.57 Å². The third-order valence-electron chi connectivity index (χ3n) is 5.95. The van der Waals surface area contributed by atoms with E-state index in [0.29, 0.717) is 36.9 Å². The Labute approximate surface area is 222 Å². The summed E-state index contributed by atoms with van der Waals surface area (Å²) in [5.41, 5.74) is 2.83. The van der Waals surface area contributed by atoms with Crippen LogP contribution in [0.5, 0.6) is 5.75 Å². The lowest BCUT2D eigenvalue weighted by atomic mass is 9.93. The number of rotatable bonds is 6. The van der Waals surface area contributed by atoms with Crippen molar-refractivity contribution in [3.63, 3.8) is 0 Å². The number of fused-ring (bicyclic) bond motifs is 1. The van der Waals surface area contributed by atoms with Crippen LogP contribution in [0.4, 0.5) is 0 Å². The lowest BCUT2D eigenvalue weighted by Crippen LogP contribution is -2.40. The van der Waals surface area contributed by atoms with E-state index in [2.05, 4.69) is 0 Å². The first-order valence-corrected chi connectivity index (χ1v) is 12.9. The Morgan fingerprint density at radius 3 is 2.54 bits per heavy atom. The lowest BCUT2D eigenvalue weighted by molar-refractivity contribution is -0.138. The second-order valence-corrected chi connectivity index (χ2v) is 9.71. The molecule has 37 heavy (non-hydrogen) atoms. The third kappa shape index (κ3) is 4.88. The van der Waals surface area contributed by atoms with E-state index >= 15 is 0 Å². The van der Waals surface area contributed by atoms with Gasteiger partial charge in [-0.05, 0) is 48.4 Å². The highest BCUT2D eigenvalue weighted by Crippen LogP contribution is 2.36. The van der Waals surface area contributed by atoms with Crippen molar-refractivity contribution >= 4 is 40.7 Å². The molecule has 4 aromatic rings. The zero-order chi connectivity index (χ0) is 25.9. The van der Waals surface area contributed by atoms with Gasteiger partial charge in [-0.2, -0.15) is 0 Å². The van der Waals surface area contributed by atoms with Crippen LogP contribution in [0.1, 0.15) is 29.7 Å². The summed E-state index contributed by atoms with van der Waals surface area (Å²) < 4.78 is 13.0. The number of carbonyl (C=O) groups excluding carboxylic acids is 1. The minimum absolute atomic E-state index is 0.191. The molecule has 1 unspecified atom stereocenters. The molecule has 0 aliphatic carbocycles. The highest BCUT2D eigenvalue weighted by Gasteiger charge is 2.35. The van der Waals surface area contributed by atoms with Crippen molar-refractivity contribution in [2.24, 2.45) is 4.99 Å². The van der Waals surface area contributed by atoms with Crippen LogP contribution in [0.25, 0.3) is 11.8 Å². The number of ether oxygens (including phenoxy) is 2. The van der Waals surface area contributed by atoms with Gasteiger partial charge in [0.25, 0.3) is 5.56 Å². The van der Waals surface area contributed by atoms with E-state index in [9.17, 15) is 9.59 Å². The minimum Gasteiger partial charge on any atom is -0.497 e. The summed E-state index contributed by atoms with van der Waals surface area (Å²) in [5, 5.41) is 0.614. The average Bonchev–Trinajstić information content (AvgIpc) is 3.24. The second kappa shape index (κ2) is 10.6. The molecular formula is C29H23ClN2O4S. The molecule has 0 radical (unpaired) electrons. The molecule has 0 saturated carbocycles. The number of thiazole rings is 1. The maximum absolute atomic E-state index is 13.8. The van der Waals surface area contributed by atoms with Gasteiger partial charge in [-0.15, -0.1) is 0 Å². The maximum Gasteiger partial charge on any atom is 0.338 e. The van der Waals surface area contributed by atoms with Gasteiger partial charge in [-0.25, -0.2) is 9.79 Å². The van der Waals surface area contributed by atoms with Crippen LogP contribution in [-0.2, 0) is 9.53 Å². The highest BCUT2D eigenvalue weighted by molar-refractivity contribution is 7.07. The quantitative estimate of drug-likeness (QED) is 0.342. The third-order valence-corrected chi connectivity index (χ3v) is 7.19. The molecule has 1 aromatic heterocycles. The molecule has 0 fully saturated rings. The summed E-state index contributed by atoms with van der Waals surface area (Å²) in [5.74, 6) is 0.0900. The summed E-state index contributed by atoms with van der Waals surface area (Å²) in [6.45, 7) is 1.94. The molecule has 0 amide bonds. The van der Waals surface area contributed by atoms with Crippen LogP contribution in [-0.4, -0.2) is 24.3 Å². The van der Waals surface area contributed by atoms with E-state index in [1.807, 2.05) is 66.7 Å². The molecule has 186 valence electrons. The zero-order valence-electron chi connectivity index (χ0n) is 20.2. The van der Waals surface area contributed by atoms with Gasteiger partial charge in [0.1, 0.15) is 5.75 Å². The first-order valence-electron chi connectivity index (χ1n) is 11.7. The monoisotopic (exact) mass is 530 g/mol. The SMILES string of the molecule is CCOC(=O)C1=C(c2ccccc2)N=c2s/c(=C/c3ccc(Cl)cc3)c(=O)n2C1c1cccc(OC)c1. The lowest BCUT2D eigenvalue weighted by Gasteiger charge is -2.26. The van der Waals surface area contributed by atoms with Crippen LogP contribution in [0.2, 0.25) is 5.02 Å². The molecule has 3 aromatic carbocycles. The van der Waals surface area contributed by atoms with Crippen molar-refractivity contribution in [3.8, 4) is 5.75 Å². The number of carbonyl (C=O) groups is 1. The number of methoxy groups -OCH3 is 1. The van der Waals surface area contributed by atoms with Gasteiger partial charge >= 0.3 is 5.97 Å². The van der Waals surface area contributed by atoms with E-state index in [1.165, 1.54) is 11.3 Å². The van der Waals surface area contributed by atoms with Crippen molar-refractivity contribution in [2.45, 2.75) is 13.0 Å². The highest BCUT2D eigenvalue weighted by atomic mass is 35.5. The van der Waals surface area contributed by atoms with Gasteiger partial charge in [0.15, 0.2) is 4.80 Å². The fourth-order valence-electron chi connectivity index (χ4n) is 4.28. The summed E-state index contributed by atoms with van der Waals surface area (Å²) in [7, 11) is 1.58. The predicted octanol–water partition coefficient (Wildman–Crippen LogP) is 4.60. The number of nitrogens with zero attached hydrogens (tertiary/aromatic N) is 2. The molecule has 1 aliphatic rings. The molecule has 8 heteroatoms. The average molecular weight is 531 g/mol. The Kier molecular flexibility index (Phi) is 7.08. The summed E-state index contributed by atoms with van der Waals surface area (Å²) in [6.07, 6.45) is 1.80. The van der Waals surface area contributed by atoms with Gasteiger partial charge in [0, 0.05) is 10.6 Å². The molecule has 0 spiro atoms. The normalized spacial score (nSPS) is 15.2. The second-order valence-electron chi connectivity index (χ2n) is 8.26. The molecule has 1 atom stereocenters. The Balaban J connectivity index is 1.83. The standard InChI is InChI=1S/C29H23ClN2O4S/c1-3-36-28(34)24-25(19-8-5-4-6-9-19)31-29-32(26(24)20-10-7-11-22(17-20)35-2)27(33)23(37-29)16-18-12-14-21(30)15-13-18/h4-17,26H,3H2,1-2H3/b23-16+. The number of esters is 1. The smallest absolute Gasteiger partial charge is 0.338 e. The number of benzene rings is 3. The molecule has 0 saturated heterocycles. The number of hydrogen-bond acceptors (Lipinski definition) is 6. The van der Waals surface area contributed by atoms with E-state index in [4.69, 9.17) is 26.1 Å².